The van der Waals surface area contributed by atoms with Crippen molar-refractivity contribution in [1.82, 2.24) is 9.80 Å². The van der Waals surface area contributed by atoms with Crippen LogP contribution in [0.1, 0.15) is 46.1 Å². The molecule has 0 N–H and O–H groups in total. The lowest BCUT2D eigenvalue weighted by atomic mass is 9.88. The first kappa shape index (κ1) is 19.5. The minimum absolute atomic E-state index is 0.0297. The molecule has 3 heterocycles. The van der Waals surface area contributed by atoms with Crippen LogP contribution in [0.25, 0.3) is 0 Å². The second kappa shape index (κ2) is 7.79. The summed E-state index contributed by atoms with van der Waals surface area (Å²) in [7, 11) is 0. The van der Waals surface area contributed by atoms with E-state index in [1.54, 1.807) is 4.90 Å². The van der Waals surface area contributed by atoms with Crippen LogP contribution in [0.4, 0.5) is 9.59 Å². The van der Waals surface area contributed by atoms with Crippen molar-refractivity contribution in [2.45, 2.75) is 64.8 Å². The molecule has 1 unspecified atom stereocenters. The third-order valence-corrected chi connectivity index (χ3v) is 5.28. The maximum absolute atomic E-state index is 12.7. The average molecular weight is 374 g/mol. The van der Waals surface area contributed by atoms with Crippen molar-refractivity contribution in [3.05, 3.63) is 35.9 Å². The Morgan fingerprint density at radius 1 is 1.11 bits per heavy atom. The summed E-state index contributed by atoms with van der Waals surface area (Å²) in [6, 6.07) is 9.74. The van der Waals surface area contributed by atoms with Crippen molar-refractivity contribution < 1.29 is 19.1 Å². The molecular formula is C21H30N2O4. The van der Waals surface area contributed by atoms with Gasteiger partial charge in [-0.2, -0.15) is 0 Å². The fourth-order valence-electron chi connectivity index (χ4n) is 4.02. The van der Waals surface area contributed by atoms with Gasteiger partial charge in [0.05, 0.1) is 6.04 Å². The Bertz CT molecular complexity index is 671. The van der Waals surface area contributed by atoms with Crippen LogP contribution in [-0.4, -0.2) is 52.8 Å². The summed E-state index contributed by atoms with van der Waals surface area (Å²) >= 11 is 0. The Kier molecular flexibility index (Phi) is 5.63. The quantitative estimate of drug-likeness (QED) is 0.784. The first-order valence-electron chi connectivity index (χ1n) is 9.71. The van der Waals surface area contributed by atoms with Crippen molar-refractivity contribution in [2.75, 3.05) is 13.1 Å². The Labute approximate surface area is 161 Å². The van der Waals surface area contributed by atoms with Gasteiger partial charge >= 0.3 is 12.2 Å². The predicted octanol–water partition coefficient (Wildman–Crippen LogP) is 4.04. The van der Waals surface area contributed by atoms with E-state index in [4.69, 9.17) is 9.47 Å². The molecular weight excluding hydrogens is 344 g/mol. The number of hydrogen-bond acceptors (Lipinski definition) is 4. The number of fused-ring (bicyclic) bond motifs is 4. The third-order valence-electron chi connectivity index (χ3n) is 5.28. The fourth-order valence-corrected chi connectivity index (χ4v) is 4.02. The van der Waals surface area contributed by atoms with Gasteiger partial charge in [0.15, 0.2) is 0 Å². The summed E-state index contributed by atoms with van der Waals surface area (Å²) in [6.07, 6.45) is 1.04. The van der Waals surface area contributed by atoms with E-state index in [2.05, 4.69) is 6.92 Å². The molecule has 0 aliphatic carbocycles. The van der Waals surface area contributed by atoms with Crippen LogP contribution in [-0.2, 0) is 16.1 Å². The fraction of sp³-hybridized carbons (Fsp3) is 0.619. The summed E-state index contributed by atoms with van der Waals surface area (Å²) in [6.45, 7) is 9.13. The van der Waals surface area contributed by atoms with E-state index in [-0.39, 0.29) is 30.9 Å². The molecule has 6 nitrogen and oxygen atoms in total. The molecule has 0 spiro atoms. The highest BCUT2D eigenvalue weighted by Gasteiger charge is 2.44. The van der Waals surface area contributed by atoms with E-state index in [9.17, 15) is 9.59 Å². The number of nitrogens with zero attached hydrogens (tertiary/aromatic N) is 2. The van der Waals surface area contributed by atoms with Crippen LogP contribution in [0.5, 0.6) is 0 Å². The van der Waals surface area contributed by atoms with Gasteiger partial charge in [0.1, 0.15) is 12.2 Å². The van der Waals surface area contributed by atoms with Crippen molar-refractivity contribution >= 4 is 12.2 Å². The zero-order chi connectivity index (χ0) is 19.6. The van der Waals surface area contributed by atoms with Crippen molar-refractivity contribution in [2.24, 2.45) is 5.92 Å². The van der Waals surface area contributed by atoms with Gasteiger partial charge in [0.25, 0.3) is 0 Å². The summed E-state index contributed by atoms with van der Waals surface area (Å²) in [5.74, 6) is 0.320. The normalized spacial score (nSPS) is 25.1. The Hall–Kier alpha value is -2.24. The number of amides is 2. The molecule has 148 valence electrons. The van der Waals surface area contributed by atoms with Gasteiger partial charge in [-0.15, -0.1) is 0 Å². The number of hydrogen-bond donors (Lipinski definition) is 0. The summed E-state index contributed by atoms with van der Waals surface area (Å²) in [4.78, 5) is 29.0. The molecule has 27 heavy (non-hydrogen) atoms. The molecule has 2 amide bonds. The maximum atomic E-state index is 12.7. The largest absolute Gasteiger partial charge is 0.445 e. The van der Waals surface area contributed by atoms with E-state index in [1.807, 2.05) is 56.0 Å². The van der Waals surface area contributed by atoms with E-state index >= 15 is 0 Å². The van der Waals surface area contributed by atoms with Gasteiger partial charge in [-0.3, -0.25) is 0 Å². The number of ether oxygens (including phenoxy) is 2. The monoisotopic (exact) mass is 374 g/mol. The number of carbonyl (C=O) groups excluding carboxylic acids is 2. The average Bonchev–Trinajstić information content (AvgIpc) is 2.88. The zero-order valence-corrected chi connectivity index (χ0v) is 16.7. The lowest BCUT2D eigenvalue weighted by Crippen LogP contribution is -2.54. The summed E-state index contributed by atoms with van der Waals surface area (Å²) in [5, 5.41) is 0. The molecule has 3 aliphatic rings. The summed E-state index contributed by atoms with van der Waals surface area (Å²) < 4.78 is 11.1. The van der Waals surface area contributed by atoms with Gasteiger partial charge < -0.3 is 19.3 Å². The highest BCUT2D eigenvalue weighted by Crippen LogP contribution is 2.34. The maximum Gasteiger partial charge on any atom is 0.410 e. The molecule has 3 aliphatic heterocycles. The highest BCUT2D eigenvalue weighted by atomic mass is 16.6. The van der Waals surface area contributed by atoms with Crippen molar-refractivity contribution in [3.63, 3.8) is 0 Å². The number of rotatable bonds is 2. The second-order valence-corrected chi connectivity index (χ2v) is 8.59. The molecule has 2 bridgehead atoms. The molecule has 0 radical (unpaired) electrons. The van der Waals surface area contributed by atoms with Gasteiger partial charge in [-0.25, -0.2) is 9.59 Å². The minimum atomic E-state index is -0.526. The molecule has 3 fully saturated rings. The standard InChI is InChI=1S/C21H30N2O4/c1-15-12-17-13-23(19(24)26-14-16-8-6-5-7-9-16)18(15)10-11-22(17)20(25)27-21(2,3)4/h5-9,15,17-18H,10-14H2,1-4H3/t15?,17-,18+/m0/s1. The minimum Gasteiger partial charge on any atom is -0.445 e. The third kappa shape index (κ3) is 4.73. The van der Waals surface area contributed by atoms with Gasteiger partial charge in [-0.1, -0.05) is 37.3 Å². The molecule has 1 aromatic rings. The lowest BCUT2D eigenvalue weighted by molar-refractivity contribution is 0.00653. The van der Waals surface area contributed by atoms with Crippen molar-refractivity contribution in [3.8, 4) is 0 Å². The Morgan fingerprint density at radius 2 is 1.81 bits per heavy atom. The van der Waals surface area contributed by atoms with E-state index in [1.165, 1.54) is 0 Å². The first-order chi connectivity index (χ1) is 12.7. The summed E-state index contributed by atoms with van der Waals surface area (Å²) in [5.41, 5.74) is 0.440. The Balaban J connectivity index is 1.66. The van der Waals surface area contributed by atoms with Crippen LogP contribution < -0.4 is 0 Å². The topological polar surface area (TPSA) is 59.1 Å². The van der Waals surface area contributed by atoms with Gasteiger partial charge in [0.2, 0.25) is 0 Å². The molecule has 0 saturated carbocycles. The molecule has 1 aromatic carbocycles. The number of benzene rings is 1. The number of carbonyl (C=O) groups is 2. The second-order valence-electron chi connectivity index (χ2n) is 8.59. The first-order valence-corrected chi connectivity index (χ1v) is 9.71. The Morgan fingerprint density at radius 3 is 2.48 bits per heavy atom. The van der Waals surface area contributed by atoms with Gasteiger partial charge in [-0.05, 0) is 45.1 Å². The van der Waals surface area contributed by atoms with E-state index in [0.29, 0.717) is 19.0 Å². The van der Waals surface area contributed by atoms with Gasteiger partial charge in [0, 0.05) is 19.1 Å². The molecule has 3 saturated heterocycles. The zero-order valence-electron chi connectivity index (χ0n) is 16.7. The van der Waals surface area contributed by atoms with E-state index < -0.39 is 5.60 Å². The molecule has 6 heteroatoms. The van der Waals surface area contributed by atoms with Crippen LogP contribution in [0.15, 0.2) is 30.3 Å². The predicted molar refractivity (Wildman–Crippen MR) is 102 cm³/mol. The lowest BCUT2D eigenvalue weighted by Gasteiger charge is -2.41. The van der Waals surface area contributed by atoms with Crippen LogP contribution in [0.3, 0.4) is 0 Å². The molecule has 3 atom stereocenters. The van der Waals surface area contributed by atoms with Crippen LogP contribution in [0.2, 0.25) is 0 Å². The van der Waals surface area contributed by atoms with Crippen LogP contribution in [0, 0.1) is 5.92 Å². The molecule has 4 rings (SSSR count). The molecule has 0 aromatic heterocycles. The highest BCUT2D eigenvalue weighted by molar-refractivity contribution is 5.71. The van der Waals surface area contributed by atoms with Crippen LogP contribution >= 0.6 is 0 Å². The van der Waals surface area contributed by atoms with E-state index in [0.717, 1.165) is 18.4 Å². The number of piperidine rings is 1. The SMILES string of the molecule is CC1C[C@H]2CN(C(=O)OCc3ccccc3)[C@@H]1CCN2C(=O)OC(C)(C)C. The smallest absolute Gasteiger partial charge is 0.410 e. The van der Waals surface area contributed by atoms with Crippen molar-refractivity contribution in [1.29, 1.82) is 0 Å².